The van der Waals surface area contributed by atoms with E-state index in [0.29, 0.717) is 0 Å². The number of nitriles is 1. The molecule has 0 saturated carbocycles. The summed E-state index contributed by atoms with van der Waals surface area (Å²) in [4.78, 5) is 23.6. The van der Waals surface area contributed by atoms with Crippen LogP contribution in [0.3, 0.4) is 0 Å². The lowest BCUT2D eigenvalue weighted by Crippen LogP contribution is -2.46. The molecule has 0 bridgehead atoms. The average Bonchev–Trinajstić information content (AvgIpc) is 2.54. The highest BCUT2D eigenvalue weighted by Gasteiger charge is 2.24. The molecule has 0 aliphatic heterocycles. The lowest BCUT2D eigenvalue weighted by molar-refractivity contribution is -0.119. The number of nitrogens with one attached hydrogen (secondary N) is 1. The maximum absolute atomic E-state index is 13.9. The molecule has 5 nitrogen and oxygen atoms in total. The van der Waals surface area contributed by atoms with Gasteiger partial charge in [0.25, 0.3) is 5.91 Å². The molecular formula is C17H13F2N3O2. The highest BCUT2D eigenvalue weighted by Crippen LogP contribution is 2.15. The summed E-state index contributed by atoms with van der Waals surface area (Å²) < 4.78 is 27.7. The van der Waals surface area contributed by atoms with Gasteiger partial charge in [-0.1, -0.05) is 30.3 Å². The van der Waals surface area contributed by atoms with Crippen LogP contribution in [0.4, 0.5) is 8.78 Å². The van der Waals surface area contributed by atoms with E-state index < -0.39 is 35.1 Å². The van der Waals surface area contributed by atoms with E-state index in [0.717, 1.165) is 17.7 Å². The minimum atomic E-state index is -1.19. The van der Waals surface area contributed by atoms with Gasteiger partial charge in [-0.05, 0) is 17.7 Å². The van der Waals surface area contributed by atoms with Crippen LogP contribution in [0.2, 0.25) is 0 Å². The summed E-state index contributed by atoms with van der Waals surface area (Å²) in [5.41, 5.74) is 4.85. The molecule has 0 fully saturated rings. The molecule has 3 N–H and O–H groups in total. The van der Waals surface area contributed by atoms with Gasteiger partial charge in [-0.15, -0.1) is 0 Å². The molecular weight excluding hydrogens is 316 g/mol. The van der Waals surface area contributed by atoms with E-state index in [9.17, 15) is 18.4 Å². The lowest BCUT2D eigenvalue weighted by atomic mass is 10.0. The second-order valence-electron chi connectivity index (χ2n) is 5.04. The molecule has 0 spiro atoms. The van der Waals surface area contributed by atoms with Gasteiger partial charge in [0.05, 0.1) is 11.6 Å². The van der Waals surface area contributed by atoms with Gasteiger partial charge in [0.2, 0.25) is 5.91 Å². The standard InChI is InChI=1S/C17H13F2N3O2/c18-12-6-11(9-20)7-13(19)15(12)17(24)22-14(16(21)23)8-10-4-2-1-3-5-10/h1-7,14H,8H2,(H2,21,23)(H,22,24). The van der Waals surface area contributed by atoms with Crippen LogP contribution in [0.15, 0.2) is 42.5 Å². The third kappa shape index (κ3) is 3.93. The normalized spacial score (nSPS) is 11.4. The van der Waals surface area contributed by atoms with Crippen molar-refractivity contribution in [3.05, 3.63) is 70.8 Å². The molecule has 7 heteroatoms. The van der Waals surface area contributed by atoms with Gasteiger partial charge in [-0.2, -0.15) is 5.26 Å². The van der Waals surface area contributed by atoms with Crippen LogP contribution in [0.5, 0.6) is 0 Å². The number of rotatable bonds is 5. The fraction of sp³-hybridized carbons (Fsp3) is 0.118. The predicted octanol–water partition coefficient (Wildman–Crippen LogP) is 1.66. The number of amides is 2. The summed E-state index contributed by atoms with van der Waals surface area (Å²) in [5, 5.41) is 10.9. The molecule has 24 heavy (non-hydrogen) atoms. The van der Waals surface area contributed by atoms with Crippen LogP contribution in [0.25, 0.3) is 0 Å². The molecule has 2 amide bonds. The molecule has 1 unspecified atom stereocenters. The third-order valence-corrected chi connectivity index (χ3v) is 3.33. The number of hydrogen-bond donors (Lipinski definition) is 2. The summed E-state index contributed by atoms with van der Waals surface area (Å²) in [6, 6.07) is 10.7. The summed E-state index contributed by atoms with van der Waals surface area (Å²) in [6.07, 6.45) is 0.0848. The first-order valence-corrected chi connectivity index (χ1v) is 6.95. The van der Waals surface area contributed by atoms with Crippen LogP contribution < -0.4 is 11.1 Å². The number of nitrogens with two attached hydrogens (primary N) is 1. The Morgan fingerprint density at radius 2 is 1.75 bits per heavy atom. The first kappa shape index (κ1) is 17.1. The summed E-state index contributed by atoms with van der Waals surface area (Å²) in [5.74, 6) is -4.32. The maximum atomic E-state index is 13.9. The summed E-state index contributed by atoms with van der Waals surface area (Å²) in [7, 11) is 0. The number of nitrogens with zero attached hydrogens (tertiary/aromatic N) is 1. The Bertz CT molecular complexity index is 793. The molecule has 1 atom stereocenters. The van der Waals surface area contributed by atoms with E-state index in [2.05, 4.69) is 5.32 Å². The molecule has 0 aromatic heterocycles. The highest BCUT2D eigenvalue weighted by atomic mass is 19.1. The van der Waals surface area contributed by atoms with Crippen molar-refractivity contribution in [2.24, 2.45) is 5.73 Å². The topological polar surface area (TPSA) is 96.0 Å². The van der Waals surface area contributed by atoms with Crippen LogP contribution in [-0.2, 0) is 11.2 Å². The molecule has 2 rings (SSSR count). The predicted molar refractivity (Wildman–Crippen MR) is 81.7 cm³/mol. The number of primary amides is 1. The number of halogens is 2. The van der Waals surface area contributed by atoms with Crippen LogP contribution in [0.1, 0.15) is 21.5 Å². The van der Waals surface area contributed by atoms with Crippen molar-refractivity contribution in [1.29, 1.82) is 5.26 Å². The number of carbonyl (C=O) groups is 2. The SMILES string of the molecule is N#Cc1cc(F)c(C(=O)NC(Cc2ccccc2)C(N)=O)c(F)c1. The zero-order valence-electron chi connectivity index (χ0n) is 12.4. The van der Waals surface area contributed by atoms with E-state index in [4.69, 9.17) is 11.0 Å². The van der Waals surface area contributed by atoms with Crippen molar-refractivity contribution in [1.82, 2.24) is 5.32 Å². The van der Waals surface area contributed by atoms with Gasteiger partial charge < -0.3 is 11.1 Å². The second-order valence-corrected chi connectivity index (χ2v) is 5.04. The van der Waals surface area contributed by atoms with E-state index in [1.807, 2.05) is 0 Å². The Labute approximate surface area is 136 Å². The monoisotopic (exact) mass is 329 g/mol. The highest BCUT2D eigenvalue weighted by molar-refractivity contribution is 5.97. The van der Waals surface area contributed by atoms with Crippen molar-refractivity contribution in [2.75, 3.05) is 0 Å². The molecule has 0 radical (unpaired) electrons. The third-order valence-electron chi connectivity index (χ3n) is 3.33. The van der Waals surface area contributed by atoms with Gasteiger partial charge in [0, 0.05) is 6.42 Å². The zero-order chi connectivity index (χ0) is 17.7. The zero-order valence-corrected chi connectivity index (χ0v) is 12.4. The Balaban J connectivity index is 2.23. The number of benzene rings is 2. The van der Waals surface area contributed by atoms with E-state index in [1.165, 1.54) is 0 Å². The lowest BCUT2D eigenvalue weighted by Gasteiger charge is -2.16. The van der Waals surface area contributed by atoms with E-state index in [1.54, 1.807) is 36.4 Å². The fourth-order valence-corrected chi connectivity index (χ4v) is 2.16. The number of carbonyl (C=O) groups excluding carboxylic acids is 2. The molecule has 0 saturated heterocycles. The van der Waals surface area contributed by atoms with Crippen molar-refractivity contribution in [2.45, 2.75) is 12.5 Å². The first-order valence-electron chi connectivity index (χ1n) is 6.95. The number of hydrogen-bond acceptors (Lipinski definition) is 3. The van der Waals surface area contributed by atoms with Crippen molar-refractivity contribution < 1.29 is 18.4 Å². The van der Waals surface area contributed by atoms with Crippen LogP contribution >= 0.6 is 0 Å². The summed E-state index contributed by atoms with van der Waals surface area (Å²) in [6.45, 7) is 0. The molecule has 2 aromatic rings. The van der Waals surface area contributed by atoms with Gasteiger partial charge in [-0.3, -0.25) is 9.59 Å². The van der Waals surface area contributed by atoms with Crippen LogP contribution in [0, 0.1) is 23.0 Å². The van der Waals surface area contributed by atoms with Gasteiger partial charge in [0.15, 0.2) is 0 Å². The molecule has 2 aromatic carbocycles. The smallest absolute Gasteiger partial charge is 0.257 e. The molecule has 122 valence electrons. The molecule has 0 aliphatic carbocycles. The van der Waals surface area contributed by atoms with Gasteiger partial charge in [0.1, 0.15) is 23.2 Å². The quantitative estimate of drug-likeness (QED) is 0.873. The maximum Gasteiger partial charge on any atom is 0.257 e. The summed E-state index contributed by atoms with van der Waals surface area (Å²) >= 11 is 0. The van der Waals surface area contributed by atoms with Crippen LogP contribution in [-0.4, -0.2) is 17.9 Å². The minimum absolute atomic E-state index is 0.0848. The Morgan fingerprint density at radius 1 is 1.17 bits per heavy atom. The van der Waals surface area contributed by atoms with Gasteiger partial charge >= 0.3 is 0 Å². The van der Waals surface area contributed by atoms with Gasteiger partial charge in [-0.25, -0.2) is 8.78 Å². The Kier molecular flexibility index (Phi) is 5.22. The molecule has 0 heterocycles. The van der Waals surface area contributed by atoms with Crippen molar-refractivity contribution >= 4 is 11.8 Å². The van der Waals surface area contributed by atoms with E-state index >= 15 is 0 Å². The first-order chi connectivity index (χ1) is 11.4. The van der Waals surface area contributed by atoms with E-state index in [-0.39, 0.29) is 12.0 Å². The largest absolute Gasteiger partial charge is 0.368 e. The van der Waals surface area contributed by atoms with Crippen molar-refractivity contribution in [3.63, 3.8) is 0 Å². The Hall–Kier alpha value is -3.27. The average molecular weight is 329 g/mol. The van der Waals surface area contributed by atoms with Crippen molar-refractivity contribution in [3.8, 4) is 6.07 Å². The Morgan fingerprint density at radius 3 is 2.25 bits per heavy atom. The minimum Gasteiger partial charge on any atom is -0.368 e. The fourth-order valence-electron chi connectivity index (χ4n) is 2.16. The second kappa shape index (κ2) is 7.33. The molecule has 0 aliphatic rings.